The van der Waals surface area contributed by atoms with E-state index in [1.165, 1.54) is 0 Å². The molecule has 1 aromatic rings. The van der Waals surface area contributed by atoms with E-state index in [0.29, 0.717) is 13.0 Å². The van der Waals surface area contributed by atoms with Crippen LogP contribution in [0.3, 0.4) is 0 Å². The van der Waals surface area contributed by atoms with Gasteiger partial charge in [0.25, 0.3) is 0 Å². The number of amides is 1. The highest BCUT2D eigenvalue weighted by atomic mass is 16.5. The van der Waals surface area contributed by atoms with Crippen LogP contribution < -0.4 is 5.32 Å². The lowest BCUT2D eigenvalue weighted by molar-refractivity contribution is -0.130. The summed E-state index contributed by atoms with van der Waals surface area (Å²) in [5.41, 5.74) is 1.94. The quantitative estimate of drug-likeness (QED) is 0.830. The lowest BCUT2D eigenvalue weighted by atomic mass is 10.1. The van der Waals surface area contributed by atoms with E-state index in [9.17, 15) is 4.79 Å². The van der Waals surface area contributed by atoms with Gasteiger partial charge in [-0.25, -0.2) is 0 Å². The van der Waals surface area contributed by atoms with Crippen LogP contribution in [0.4, 0.5) is 0 Å². The van der Waals surface area contributed by atoms with Crippen LogP contribution in [0.5, 0.6) is 0 Å². The molecule has 0 aliphatic carbocycles. The summed E-state index contributed by atoms with van der Waals surface area (Å²) in [6, 6.07) is 7.72. The summed E-state index contributed by atoms with van der Waals surface area (Å²) in [5, 5.41) is 11.7. The fourth-order valence-electron chi connectivity index (χ4n) is 2.25. The molecule has 2 rings (SSSR count). The van der Waals surface area contributed by atoms with Gasteiger partial charge in [0.1, 0.15) is 6.10 Å². The topological polar surface area (TPSA) is 58.6 Å². The number of benzene rings is 1. The highest BCUT2D eigenvalue weighted by Crippen LogP contribution is 2.16. The smallest absolute Gasteiger partial charge is 0.249 e. The number of rotatable bonds is 4. The predicted octanol–water partition coefficient (Wildman–Crippen LogP) is 1.78. The number of hydrogen-bond donors (Lipinski definition) is 2. The fourth-order valence-corrected chi connectivity index (χ4v) is 2.25. The second-order valence-corrected chi connectivity index (χ2v) is 5.13. The molecule has 2 unspecified atom stereocenters. The van der Waals surface area contributed by atoms with Crippen LogP contribution in [0.1, 0.15) is 43.4 Å². The average Bonchev–Trinajstić information content (AvgIpc) is 3.02. The molecule has 0 bridgehead atoms. The Morgan fingerprint density at radius 1 is 1.48 bits per heavy atom. The molecule has 2 N–H and O–H groups in total. The van der Waals surface area contributed by atoms with Gasteiger partial charge >= 0.3 is 0 Å². The molecule has 1 aliphatic heterocycles. The van der Waals surface area contributed by atoms with Crippen LogP contribution in [0, 0.1) is 11.8 Å². The van der Waals surface area contributed by atoms with E-state index >= 15 is 0 Å². The van der Waals surface area contributed by atoms with Gasteiger partial charge < -0.3 is 15.2 Å². The first kappa shape index (κ1) is 15.6. The number of aliphatic hydroxyl groups excluding tert-OH is 1. The molecule has 0 spiro atoms. The van der Waals surface area contributed by atoms with Gasteiger partial charge in [-0.2, -0.15) is 0 Å². The van der Waals surface area contributed by atoms with Gasteiger partial charge in [-0.15, -0.1) is 0 Å². The van der Waals surface area contributed by atoms with Crippen molar-refractivity contribution in [1.82, 2.24) is 5.32 Å². The minimum Gasteiger partial charge on any atom is -0.395 e. The van der Waals surface area contributed by atoms with Gasteiger partial charge in [0.05, 0.1) is 12.6 Å². The van der Waals surface area contributed by atoms with Gasteiger partial charge in [0, 0.05) is 18.6 Å². The predicted molar refractivity (Wildman–Crippen MR) is 80.6 cm³/mol. The van der Waals surface area contributed by atoms with Crippen LogP contribution in [-0.2, 0) is 9.53 Å². The molecule has 0 saturated carbocycles. The van der Waals surface area contributed by atoms with Crippen molar-refractivity contribution >= 4 is 5.91 Å². The highest BCUT2D eigenvalue weighted by molar-refractivity contribution is 5.81. The Labute approximate surface area is 125 Å². The number of aliphatic hydroxyl groups is 1. The minimum absolute atomic E-state index is 0.0354. The van der Waals surface area contributed by atoms with Gasteiger partial charge in [0.2, 0.25) is 5.91 Å². The van der Waals surface area contributed by atoms with Gasteiger partial charge in [-0.3, -0.25) is 4.79 Å². The minimum atomic E-state index is -0.295. The molecule has 2 atom stereocenters. The Morgan fingerprint density at radius 3 is 2.86 bits per heavy atom. The molecular weight excluding hydrogens is 266 g/mol. The molecule has 112 valence electrons. The number of carbonyl (C=O) groups excluding carboxylic acids is 1. The van der Waals surface area contributed by atoms with Crippen LogP contribution in [0.15, 0.2) is 24.3 Å². The highest BCUT2D eigenvalue weighted by Gasteiger charge is 2.24. The zero-order valence-electron chi connectivity index (χ0n) is 12.3. The lowest BCUT2D eigenvalue weighted by Gasteiger charge is -2.17. The van der Waals surface area contributed by atoms with Crippen molar-refractivity contribution in [2.24, 2.45) is 0 Å². The van der Waals surface area contributed by atoms with Crippen molar-refractivity contribution in [3.8, 4) is 11.8 Å². The second kappa shape index (κ2) is 7.82. The molecule has 1 saturated heterocycles. The van der Waals surface area contributed by atoms with Crippen LogP contribution in [-0.4, -0.2) is 30.3 Å². The lowest BCUT2D eigenvalue weighted by Crippen LogP contribution is -2.35. The Balaban J connectivity index is 1.91. The standard InChI is InChI=1S/C17H21NO3/c1-13(18-17(20)16-6-4-12-21-16)15-9-7-14(8-10-15)5-2-3-11-19/h7-10,13,16,19H,3-4,6,11-12H2,1H3,(H,18,20). The maximum absolute atomic E-state index is 12.0. The second-order valence-electron chi connectivity index (χ2n) is 5.13. The molecule has 4 nitrogen and oxygen atoms in total. The zero-order valence-corrected chi connectivity index (χ0v) is 12.3. The van der Waals surface area contributed by atoms with Crippen molar-refractivity contribution in [3.05, 3.63) is 35.4 Å². The Morgan fingerprint density at radius 2 is 2.24 bits per heavy atom. The molecule has 4 heteroatoms. The fraction of sp³-hybridized carbons (Fsp3) is 0.471. The molecule has 1 aromatic carbocycles. The number of hydrogen-bond acceptors (Lipinski definition) is 3. The van der Waals surface area contributed by atoms with E-state index in [0.717, 1.165) is 24.0 Å². The number of ether oxygens (including phenoxy) is 1. The van der Waals surface area contributed by atoms with Gasteiger partial charge in [-0.1, -0.05) is 24.0 Å². The first-order valence-corrected chi connectivity index (χ1v) is 7.32. The third-order valence-corrected chi connectivity index (χ3v) is 3.46. The molecule has 0 radical (unpaired) electrons. The molecule has 0 aromatic heterocycles. The Hall–Kier alpha value is -1.83. The van der Waals surface area contributed by atoms with Gasteiger partial charge in [0.15, 0.2) is 0 Å². The summed E-state index contributed by atoms with van der Waals surface area (Å²) >= 11 is 0. The van der Waals surface area contributed by atoms with Crippen molar-refractivity contribution in [2.45, 2.75) is 38.3 Å². The van der Waals surface area contributed by atoms with Crippen LogP contribution in [0.2, 0.25) is 0 Å². The number of carbonyl (C=O) groups is 1. The molecule has 1 heterocycles. The van der Waals surface area contributed by atoms with Crippen molar-refractivity contribution in [2.75, 3.05) is 13.2 Å². The van der Waals surface area contributed by atoms with E-state index in [-0.39, 0.29) is 24.7 Å². The molecule has 1 aliphatic rings. The third-order valence-electron chi connectivity index (χ3n) is 3.46. The van der Waals surface area contributed by atoms with E-state index < -0.39 is 0 Å². The summed E-state index contributed by atoms with van der Waals surface area (Å²) in [7, 11) is 0. The largest absolute Gasteiger partial charge is 0.395 e. The Kier molecular flexibility index (Phi) is 5.79. The summed E-state index contributed by atoms with van der Waals surface area (Å²) in [6.45, 7) is 2.71. The SMILES string of the molecule is CC(NC(=O)C1CCCO1)c1ccc(C#CCCO)cc1. The van der Waals surface area contributed by atoms with Crippen molar-refractivity contribution in [1.29, 1.82) is 0 Å². The first-order valence-electron chi connectivity index (χ1n) is 7.32. The maximum Gasteiger partial charge on any atom is 0.249 e. The summed E-state index contributed by atoms with van der Waals surface area (Å²) in [5.74, 6) is 5.83. The van der Waals surface area contributed by atoms with Gasteiger partial charge in [-0.05, 0) is 37.5 Å². The molecule has 1 fully saturated rings. The van der Waals surface area contributed by atoms with Crippen molar-refractivity contribution in [3.63, 3.8) is 0 Å². The van der Waals surface area contributed by atoms with E-state index in [1.807, 2.05) is 31.2 Å². The first-order chi connectivity index (χ1) is 10.2. The normalized spacial score (nSPS) is 18.7. The van der Waals surface area contributed by atoms with E-state index in [1.54, 1.807) is 0 Å². The summed E-state index contributed by atoms with van der Waals surface area (Å²) in [4.78, 5) is 12.0. The molecular formula is C17H21NO3. The van der Waals surface area contributed by atoms with E-state index in [2.05, 4.69) is 17.2 Å². The zero-order chi connectivity index (χ0) is 15.1. The van der Waals surface area contributed by atoms with Crippen molar-refractivity contribution < 1.29 is 14.6 Å². The summed E-state index contributed by atoms with van der Waals surface area (Å²) < 4.78 is 5.37. The third kappa shape index (κ3) is 4.59. The number of nitrogens with one attached hydrogen (secondary N) is 1. The van der Waals surface area contributed by atoms with Crippen LogP contribution >= 0.6 is 0 Å². The summed E-state index contributed by atoms with van der Waals surface area (Å²) in [6.07, 6.45) is 1.94. The average molecular weight is 287 g/mol. The van der Waals surface area contributed by atoms with E-state index in [4.69, 9.17) is 9.84 Å². The maximum atomic E-state index is 12.0. The van der Waals surface area contributed by atoms with Crippen LogP contribution in [0.25, 0.3) is 0 Å². The monoisotopic (exact) mass is 287 g/mol. The molecule has 1 amide bonds. The Bertz CT molecular complexity index is 521. The molecule has 21 heavy (non-hydrogen) atoms.